The van der Waals surface area contributed by atoms with Crippen molar-refractivity contribution in [3.05, 3.63) is 35.6 Å². The maximum Gasteiger partial charge on any atom is 0.342 e. The first-order valence-corrected chi connectivity index (χ1v) is 13.4. The molecular formula is C28H33F2NO7. The number of carboxylic acids is 1. The molecule has 7 rings (SSSR count). The van der Waals surface area contributed by atoms with Crippen molar-refractivity contribution in [3.63, 3.8) is 0 Å². The summed E-state index contributed by atoms with van der Waals surface area (Å²) < 4.78 is 45.4. The van der Waals surface area contributed by atoms with Crippen molar-refractivity contribution >= 4 is 17.9 Å². The number of benzene rings is 1. The maximum atomic E-state index is 15.3. The van der Waals surface area contributed by atoms with Crippen LogP contribution in [0, 0.1) is 40.8 Å². The van der Waals surface area contributed by atoms with Crippen LogP contribution in [-0.2, 0) is 35.2 Å². The molecule has 3 N–H and O–H groups in total. The monoisotopic (exact) mass is 533 g/mol. The molecule has 1 aromatic carbocycles. The van der Waals surface area contributed by atoms with Gasteiger partial charge in [0.1, 0.15) is 11.4 Å². The third-order valence-electron chi connectivity index (χ3n) is 9.86. The predicted octanol–water partition coefficient (Wildman–Crippen LogP) is 3.50. The van der Waals surface area contributed by atoms with E-state index in [4.69, 9.17) is 19.9 Å². The second kappa shape index (κ2) is 8.71. The summed E-state index contributed by atoms with van der Waals surface area (Å²) in [6, 6.07) is 5.52. The summed E-state index contributed by atoms with van der Waals surface area (Å²) in [5.74, 6) is -4.34. The molecule has 6 aliphatic carbocycles. The van der Waals surface area contributed by atoms with Gasteiger partial charge >= 0.3 is 17.9 Å². The normalized spacial score (nSPS) is 42.8. The molecule has 6 aliphatic rings. The van der Waals surface area contributed by atoms with Gasteiger partial charge in [0.05, 0.1) is 18.1 Å². The summed E-state index contributed by atoms with van der Waals surface area (Å²) in [5.41, 5.74) is 1.74. The van der Waals surface area contributed by atoms with Crippen LogP contribution in [0.1, 0.15) is 57.4 Å². The van der Waals surface area contributed by atoms with E-state index in [1.165, 1.54) is 31.2 Å². The Morgan fingerprint density at radius 2 is 1.55 bits per heavy atom. The first kappa shape index (κ1) is 25.7. The van der Waals surface area contributed by atoms with Crippen LogP contribution in [0.4, 0.5) is 8.78 Å². The minimum Gasteiger partial charge on any atom is -0.479 e. The van der Waals surface area contributed by atoms with E-state index in [1.54, 1.807) is 0 Å². The van der Waals surface area contributed by atoms with Gasteiger partial charge in [-0.1, -0.05) is 12.1 Å². The summed E-state index contributed by atoms with van der Waals surface area (Å²) >= 11 is 0. The SMILES string of the molecule is C[C@@H](OC(=O)C12CC3CC(CC(C3)C1)C2)OC(=O)[C@@]1(N)[C@H]2[C@@H](C[C@H]1OCc1ccc(F)cc1)[C@]2(F)C(=O)O. The molecule has 1 aromatic rings. The molecule has 0 unspecified atom stereocenters. The van der Waals surface area contributed by atoms with Crippen LogP contribution in [0.3, 0.4) is 0 Å². The fraction of sp³-hybridized carbons (Fsp3) is 0.679. The number of hydrogen-bond acceptors (Lipinski definition) is 7. The molecule has 0 saturated heterocycles. The lowest BCUT2D eigenvalue weighted by atomic mass is 9.49. The zero-order valence-electron chi connectivity index (χ0n) is 21.2. The van der Waals surface area contributed by atoms with Gasteiger partial charge in [-0.3, -0.25) is 4.79 Å². The third-order valence-corrected chi connectivity index (χ3v) is 9.86. The van der Waals surface area contributed by atoms with Crippen LogP contribution in [0.25, 0.3) is 0 Å². The molecule has 38 heavy (non-hydrogen) atoms. The first-order chi connectivity index (χ1) is 18.0. The van der Waals surface area contributed by atoms with Gasteiger partial charge in [0.15, 0.2) is 0 Å². The van der Waals surface area contributed by atoms with Gasteiger partial charge in [-0.2, -0.15) is 0 Å². The topological polar surface area (TPSA) is 125 Å². The number of hydrogen-bond donors (Lipinski definition) is 2. The highest BCUT2D eigenvalue weighted by Gasteiger charge is 2.85. The Kier molecular flexibility index (Phi) is 5.88. The predicted molar refractivity (Wildman–Crippen MR) is 127 cm³/mol. The van der Waals surface area contributed by atoms with Crippen LogP contribution < -0.4 is 5.73 Å². The number of carbonyl (C=O) groups is 3. The summed E-state index contributed by atoms with van der Waals surface area (Å²) in [7, 11) is 0. The van der Waals surface area contributed by atoms with E-state index in [2.05, 4.69) is 0 Å². The number of halogens is 2. The molecule has 6 saturated carbocycles. The molecule has 0 aromatic heterocycles. The second-order valence-corrected chi connectivity index (χ2v) is 12.3. The fourth-order valence-electron chi connectivity index (χ4n) is 8.49. The molecular weight excluding hydrogens is 500 g/mol. The van der Waals surface area contributed by atoms with E-state index in [-0.39, 0.29) is 19.0 Å². The zero-order chi connectivity index (χ0) is 27.0. The number of aliphatic carboxylic acids is 1. The Bertz CT molecular complexity index is 1120. The Hall–Kier alpha value is -2.59. The lowest BCUT2D eigenvalue weighted by Gasteiger charge is -2.55. The quantitative estimate of drug-likeness (QED) is 0.384. The Morgan fingerprint density at radius 1 is 1.00 bits per heavy atom. The van der Waals surface area contributed by atoms with Crippen molar-refractivity contribution in [2.24, 2.45) is 40.7 Å². The first-order valence-electron chi connectivity index (χ1n) is 13.4. The molecule has 10 heteroatoms. The summed E-state index contributed by atoms with van der Waals surface area (Å²) in [4.78, 5) is 38.3. The molecule has 0 heterocycles. The maximum absolute atomic E-state index is 15.3. The number of esters is 2. The van der Waals surface area contributed by atoms with Crippen LogP contribution in [-0.4, -0.2) is 46.6 Å². The van der Waals surface area contributed by atoms with Gasteiger partial charge in [0.25, 0.3) is 0 Å². The van der Waals surface area contributed by atoms with Crippen molar-refractivity contribution in [2.45, 2.75) is 82.1 Å². The van der Waals surface area contributed by atoms with Gasteiger partial charge in [0.2, 0.25) is 12.0 Å². The molecule has 0 aliphatic heterocycles. The molecule has 0 radical (unpaired) electrons. The number of carboxylic acid groups (broad SMARTS) is 1. The molecule has 0 spiro atoms. The standard InChI is InChI=1S/C28H33F2NO7/c1-14(37-24(34)26-10-16-6-17(11-26)8-18(7-16)12-26)38-25(35)28(31)21(9-20-22(28)27(20,30)23(32)33)36-13-15-2-4-19(29)5-3-15/h2-5,14,16-18,20-22H,6-13,31H2,1H3,(H,32,33)/t14-,16?,17?,18?,20+,21+,22-,26?,27+,28-/m0/s1. The number of carbonyl (C=O) groups excluding carboxylic acids is 2. The Labute approximate surface area is 219 Å². The van der Waals surface area contributed by atoms with E-state index in [1.807, 2.05) is 0 Å². The van der Waals surface area contributed by atoms with Crippen LogP contribution in [0.2, 0.25) is 0 Å². The van der Waals surface area contributed by atoms with Gasteiger partial charge < -0.3 is 25.1 Å². The van der Waals surface area contributed by atoms with Crippen LogP contribution in [0.5, 0.6) is 0 Å². The zero-order valence-corrected chi connectivity index (χ0v) is 21.2. The molecule has 206 valence electrons. The van der Waals surface area contributed by atoms with Crippen molar-refractivity contribution in [3.8, 4) is 0 Å². The minimum atomic E-state index is -2.66. The highest BCUT2D eigenvalue weighted by atomic mass is 19.1. The second-order valence-electron chi connectivity index (χ2n) is 12.3. The van der Waals surface area contributed by atoms with Gasteiger partial charge in [0, 0.05) is 18.8 Å². The number of fused-ring (bicyclic) bond motifs is 1. The number of ether oxygens (including phenoxy) is 3. The third kappa shape index (κ3) is 3.86. The van der Waals surface area contributed by atoms with Gasteiger partial charge in [-0.15, -0.1) is 0 Å². The molecule has 4 bridgehead atoms. The smallest absolute Gasteiger partial charge is 0.342 e. The van der Waals surface area contributed by atoms with Crippen molar-refractivity contribution in [2.75, 3.05) is 0 Å². The average molecular weight is 534 g/mol. The lowest BCUT2D eigenvalue weighted by Crippen LogP contribution is -2.61. The number of nitrogens with two attached hydrogens (primary N) is 1. The average Bonchev–Trinajstić information content (AvgIpc) is 3.33. The lowest BCUT2D eigenvalue weighted by molar-refractivity contribution is -0.206. The van der Waals surface area contributed by atoms with Crippen LogP contribution in [0.15, 0.2) is 24.3 Å². The van der Waals surface area contributed by atoms with Crippen molar-refractivity contribution < 1.29 is 42.5 Å². The highest BCUT2D eigenvalue weighted by molar-refractivity contribution is 5.91. The summed E-state index contributed by atoms with van der Waals surface area (Å²) in [5, 5.41) is 9.48. The molecule has 8 nitrogen and oxygen atoms in total. The van der Waals surface area contributed by atoms with E-state index in [0.29, 0.717) is 23.3 Å². The molecule has 6 atom stereocenters. The fourth-order valence-corrected chi connectivity index (χ4v) is 8.49. The van der Waals surface area contributed by atoms with Gasteiger partial charge in [-0.05, 0) is 80.4 Å². The van der Waals surface area contributed by atoms with E-state index in [9.17, 15) is 23.9 Å². The van der Waals surface area contributed by atoms with Gasteiger partial charge in [-0.25, -0.2) is 18.4 Å². The van der Waals surface area contributed by atoms with Crippen LogP contribution >= 0.6 is 0 Å². The Morgan fingerprint density at radius 3 is 2.11 bits per heavy atom. The summed E-state index contributed by atoms with van der Waals surface area (Å²) in [6.45, 7) is 1.37. The number of rotatable bonds is 8. The minimum absolute atomic E-state index is 0.0421. The number of alkyl halides is 1. The van der Waals surface area contributed by atoms with E-state index in [0.717, 1.165) is 38.5 Å². The molecule has 0 amide bonds. The largest absolute Gasteiger partial charge is 0.479 e. The van der Waals surface area contributed by atoms with E-state index >= 15 is 4.39 Å². The van der Waals surface area contributed by atoms with Crippen molar-refractivity contribution in [1.29, 1.82) is 0 Å². The van der Waals surface area contributed by atoms with Crippen molar-refractivity contribution in [1.82, 2.24) is 0 Å². The van der Waals surface area contributed by atoms with E-state index < -0.39 is 58.6 Å². The molecule has 6 fully saturated rings. The Balaban J connectivity index is 1.15. The highest BCUT2D eigenvalue weighted by Crippen LogP contribution is 2.67. The summed E-state index contributed by atoms with van der Waals surface area (Å²) in [6.07, 6.45) is 3.40.